The fourth-order valence-electron chi connectivity index (χ4n) is 2.02. The Morgan fingerprint density at radius 2 is 1.76 bits per heavy atom. The summed E-state index contributed by atoms with van der Waals surface area (Å²) in [4.78, 5) is 28.3. The predicted octanol–water partition coefficient (Wildman–Crippen LogP) is 2.84. The van der Waals surface area contributed by atoms with E-state index in [0.717, 1.165) is 16.9 Å². The van der Waals surface area contributed by atoms with Crippen molar-refractivity contribution in [2.24, 2.45) is 0 Å². The van der Waals surface area contributed by atoms with Crippen molar-refractivity contribution in [2.75, 3.05) is 5.32 Å². The average molecular weight is 296 g/mol. The van der Waals surface area contributed by atoms with Crippen LogP contribution < -0.4 is 10.1 Å². The van der Waals surface area contributed by atoms with Crippen LogP contribution in [0.15, 0.2) is 59.4 Å². The lowest BCUT2D eigenvalue weighted by molar-refractivity contribution is -0.115. The average Bonchev–Trinajstić information content (AvgIpc) is 2.48. The van der Waals surface area contributed by atoms with Gasteiger partial charge in [0.2, 0.25) is 10.6 Å². The first-order chi connectivity index (χ1) is 10.2. The summed E-state index contributed by atoms with van der Waals surface area (Å²) < 4.78 is -0.101. The smallest absolute Gasteiger partial charge is 0.245 e. The summed E-state index contributed by atoms with van der Waals surface area (Å²) in [5.74, 6) is -0.181. The van der Waals surface area contributed by atoms with E-state index < -0.39 is 0 Å². The molecule has 0 aliphatic rings. The third-order valence-corrected chi connectivity index (χ3v) is 3.78. The molecule has 4 nitrogen and oxygen atoms in total. The summed E-state index contributed by atoms with van der Waals surface area (Å²) in [7, 11) is 0. The standard InChI is InChI=1S/C16H12N2O2S/c19-14(10-11-6-2-1-3-7-11)18-16-17-13-9-5-4-8-12(13)15(20)21-16/h1-9H,10H2,(H,17,18,19). The largest absolute Gasteiger partial charge is 0.302 e. The zero-order chi connectivity index (χ0) is 14.7. The Hall–Kier alpha value is -2.53. The number of para-hydroxylation sites is 1. The first-order valence-electron chi connectivity index (χ1n) is 6.46. The Balaban J connectivity index is 1.82. The third kappa shape index (κ3) is 3.14. The molecule has 0 fully saturated rings. The maximum absolute atomic E-state index is 12.0. The summed E-state index contributed by atoms with van der Waals surface area (Å²) in [6, 6.07) is 16.5. The summed E-state index contributed by atoms with van der Waals surface area (Å²) >= 11 is 0.947. The molecule has 0 unspecified atom stereocenters. The Morgan fingerprint density at radius 3 is 2.57 bits per heavy atom. The SMILES string of the molecule is O=C(Cc1ccccc1)Nc1nc2ccccc2c(=O)s1. The van der Waals surface area contributed by atoms with Crippen LogP contribution in [0.3, 0.4) is 0 Å². The van der Waals surface area contributed by atoms with E-state index in [-0.39, 0.29) is 17.1 Å². The van der Waals surface area contributed by atoms with Crippen LogP contribution in [0.2, 0.25) is 0 Å². The van der Waals surface area contributed by atoms with Gasteiger partial charge in [0.25, 0.3) is 0 Å². The Kier molecular flexibility index (Phi) is 3.75. The number of carbonyl (C=O) groups is 1. The number of benzene rings is 2. The predicted molar refractivity (Wildman–Crippen MR) is 84.7 cm³/mol. The van der Waals surface area contributed by atoms with Crippen LogP contribution in [-0.2, 0) is 11.2 Å². The number of nitrogens with zero attached hydrogens (tertiary/aromatic N) is 1. The van der Waals surface area contributed by atoms with E-state index in [0.29, 0.717) is 16.0 Å². The van der Waals surface area contributed by atoms with E-state index in [2.05, 4.69) is 10.3 Å². The number of hydrogen-bond donors (Lipinski definition) is 1. The molecule has 1 aromatic heterocycles. The second-order valence-electron chi connectivity index (χ2n) is 4.53. The molecule has 0 saturated heterocycles. The summed E-state index contributed by atoms with van der Waals surface area (Å²) in [5, 5.41) is 3.60. The third-order valence-electron chi connectivity index (χ3n) is 2.99. The molecule has 3 rings (SSSR count). The van der Waals surface area contributed by atoms with Gasteiger partial charge in [-0.25, -0.2) is 4.98 Å². The molecular formula is C16H12N2O2S. The van der Waals surface area contributed by atoms with E-state index in [1.165, 1.54) is 0 Å². The monoisotopic (exact) mass is 296 g/mol. The fraction of sp³-hybridized carbons (Fsp3) is 0.0625. The van der Waals surface area contributed by atoms with Gasteiger partial charge in [-0.3, -0.25) is 9.59 Å². The zero-order valence-electron chi connectivity index (χ0n) is 11.1. The number of nitrogens with one attached hydrogen (secondary N) is 1. The molecule has 3 aromatic rings. The minimum atomic E-state index is -0.181. The van der Waals surface area contributed by atoms with Gasteiger partial charge in [0.15, 0.2) is 5.13 Å². The number of amides is 1. The quantitative estimate of drug-likeness (QED) is 0.808. The highest BCUT2D eigenvalue weighted by atomic mass is 32.1. The minimum Gasteiger partial charge on any atom is -0.302 e. The number of hydrogen-bond acceptors (Lipinski definition) is 4. The lowest BCUT2D eigenvalue weighted by Crippen LogP contribution is -2.15. The molecular weight excluding hydrogens is 284 g/mol. The number of rotatable bonds is 3. The van der Waals surface area contributed by atoms with E-state index in [1.807, 2.05) is 36.4 Å². The molecule has 0 spiro atoms. The van der Waals surface area contributed by atoms with Gasteiger partial charge in [-0.2, -0.15) is 0 Å². The molecule has 2 aromatic carbocycles. The molecule has 0 aliphatic heterocycles. The molecule has 1 N–H and O–H groups in total. The molecule has 21 heavy (non-hydrogen) atoms. The van der Waals surface area contributed by atoms with Crippen molar-refractivity contribution in [3.05, 3.63) is 69.7 Å². The number of carbonyl (C=O) groups excluding carboxylic acids is 1. The van der Waals surface area contributed by atoms with Crippen LogP contribution in [0, 0.1) is 0 Å². The van der Waals surface area contributed by atoms with Gasteiger partial charge in [-0.1, -0.05) is 53.8 Å². The molecule has 0 saturated carbocycles. The van der Waals surface area contributed by atoms with Crippen LogP contribution >= 0.6 is 11.3 Å². The van der Waals surface area contributed by atoms with Crippen molar-refractivity contribution >= 4 is 33.3 Å². The molecule has 0 aliphatic carbocycles. The second kappa shape index (κ2) is 5.85. The topological polar surface area (TPSA) is 59.1 Å². The Morgan fingerprint density at radius 1 is 1.05 bits per heavy atom. The lowest BCUT2D eigenvalue weighted by atomic mass is 10.1. The second-order valence-corrected chi connectivity index (χ2v) is 5.50. The van der Waals surface area contributed by atoms with E-state index >= 15 is 0 Å². The van der Waals surface area contributed by atoms with Crippen LogP contribution in [0.25, 0.3) is 10.9 Å². The highest BCUT2D eigenvalue weighted by Crippen LogP contribution is 2.15. The van der Waals surface area contributed by atoms with Crippen molar-refractivity contribution in [2.45, 2.75) is 6.42 Å². The summed E-state index contributed by atoms with van der Waals surface area (Å²) in [5.41, 5.74) is 1.51. The Labute approximate surface area is 125 Å². The maximum Gasteiger partial charge on any atom is 0.245 e. The van der Waals surface area contributed by atoms with Crippen LogP contribution in [-0.4, -0.2) is 10.9 Å². The first kappa shape index (κ1) is 13.5. The first-order valence-corrected chi connectivity index (χ1v) is 7.28. The van der Waals surface area contributed by atoms with Crippen molar-refractivity contribution in [1.29, 1.82) is 0 Å². The van der Waals surface area contributed by atoms with Crippen molar-refractivity contribution in [1.82, 2.24) is 4.98 Å². The minimum absolute atomic E-state index is 0.101. The van der Waals surface area contributed by atoms with Crippen LogP contribution in [0.4, 0.5) is 5.13 Å². The molecule has 5 heteroatoms. The van der Waals surface area contributed by atoms with Gasteiger partial charge in [0.1, 0.15) is 0 Å². The number of anilines is 1. The lowest BCUT2D eigenvalue weighted by Gasteiger charge is -2.04. The van der Waals surface area contributed by atoms with Gasteiger partial charge >= 0.3 is 0 Å². The highest BCUT2D eigenvalue weighted by molar-refractivity contribution is 7.13. The van der Waals surface area contributed by atoms with Crippen LogP contribution in [0.5, 0.6) is 0 Å². The van der Waals surface area contributed by atoms with Crippen molar-refractivity contribution in [3.8, 4) is 0 Å². The number of fused-ring (bicyclic) bond motifs is 1. The Bertz CT molecular complexity index is 844. The van der Waals surface area contributed by atoms with E-state index in [4.69, 9.17) is 0 Å². The highest BCUT2D eigenvalue weighted by Gasteiger charge is 2.08. The van der Waals surface area contributed by atoms with Gasteiger partial charge in [-0.05, 0) is 17.7 Å². The van der Waals surface area contributed by atoms with Crippen molar-refractivity contribution in [3.63, 3.8) is 0 Å². The summed E-state index contributed by atoms with van der Waals surface area (Å²) in [6.45, 7) is 0. The van der Waals surface area contributed by atoms with E-state index in [1.54, 1.807) is 18.2 Å². The zero-order valence-corrected chi connectivity index (χ0v) is 11.9. The maximum atomic E-state index is 12.0. The summed E-state index contributed by atoms with van der Waals surface area (Å²) in [6.07, 6.45) is 0.260. The van der Waals surface area contributed by atoms with Gasteiger partial charge in [0.05, 0.1) is 17.3 Å². The van der Waals surface area contributed by atoms with Gasteiger partial charge in [-0.15, -0.1) is 0 Å². The van der Waals surface area contributed by atoms with E-state index in [9.17, 15) is 9.59 Å². The van der Waals surface area contributed by atoms with Gasteiger partial charge in [0, 0.05) is 0 Å². The molecule has 1 amide bonds. The normalized spacial score (nSPS) is 10.5. The molecule has 0 radical (unpaired) electrons. The molecule has 1 heterocycles. The molecule has 0 atom stereocenters. The molecule has 104 valence electrons. The van der Waals surface area contributed by atoms with Gasteiger partial charge < -0.3 is 5.32 Å². The van der Waals surface area contributed by atoms with Crippen LogP contribution in [0.1, 0.15) is 5.56 Å². The van der Waals surface area contributed by atoms with Crippen molar-refractivity contribution < 1.29 is 4.79 Å². The molecule has 0 bridgehead atoms. The fourth-order valence-corrected chi connectivity index (χ4v) is 2.78. The number of aromatic nitrogens is 1.